The maximum absolute atomic E-state index is 11.3. The number of Topliss-reactive ketones (excluding diaryl/α,β-unsaturated/α-hetero) is 1. The van der Waals surface area contributed by atoms with E-state index in [1.165, 1.54) is 0 Å². The zero-order valence-corrected chi connectivity index (χ0v) is 6.45. The van der Waals surface area contributed by atoms with Crippen LogP contribution < -0.4 is 0 Å². The van der Waals surface area contributed by atoms with Crippen LogP contribution in [0.3, 0.4) is 0 Å². The van der Waals surface area contributed by atoms with Crippen molar-refractivity contribution in [1.29, 1.82) is 0 Å². The van der Waals surface area contributed by atoms with Crippen LogP contribution in [0.1, 0.15) is 22.0 Å². The summed E-state index contributed by atoms with van der Waals surface area (Å²) in [5.74, 6) is -0.141. The van der Waals surface area contributed by atoms with E-state index in [4.69, 9.17) is 0 Å². The molecule has 1 aliphatic carbocycles. The summed E-state index contributed by atoms with van der Waals surface area (Å²) in [5, 5.41) is 9.50. The third-order valence-electron chi connectivity index (χ3n) is 2.12. The lowest BCUT2D eigenvalue weighted by molar-refractivity contribution is 0.102. The molecule has 1 atom stereocenters. The Balaban J connectivity index is 2.67. The predicted octanol–water partition coefficient (Wildman–Crippen LogP) is 1.47. The largest absolute Gasteiger partial charge is 0.384 e. The Hall–Kier alpha value is -1.41. The van der Waals surface area contributed by atoms with Gasteiger partial charge in [0.2, 0.25) is 0 Å². The minimum absolute atomic E-state index is 0.141. The second-order valence-corrected chi connectivity index (χ2v) is 2.84. The molecule has 0 aromatic heterocycles. The number of hydrogen-bond donors (Lipinski definition) is 1. The van der Waals surface area contributed by atoms with Crippen molar-refractivity contribution in [2.45, 2.75) is 6.10 Å². The van der Waals surface area contributed by atoms with E-state index in [0.29, 0.717) is 11.1 Å². The average Bonchev–Trinajstić information content (AvgIpc) is 2.33. The quantitative estimate of drug-likeness (QED) is 0.583. The van der Waals surface area contributed by atoms with Gasteiger partial charge in [-0.3, -0.25) is 4.79 Å². The van der Waals surface area contributed by atoms with Gasteiger partial charge in [0.1, 0.15) is 6.10 Å². The summed E-state index contributed by atoms with van der Waals surface area (Å²) in [6.07, 6.45) is -0.798. The molecule has 1 aliphatic rings. The van der Waals surface area contributed by atoms with Gasteiger partial charge in [-0.2, -0.15) is 0 Å². The lowest BCUT2D eigenvalue weighted by Crippen LogP contribution is -1.96. The number of benzene rings is 1. The lowest BCUT2D eigenvalue weighted by atomic mass is 10.1. The van der Waals surface area contributed by atoms with E-state index in [2.05, 4.69) is 6.58 Å². The SMILES string of the molecule is C=C1C(=O)c2ccccc2C1O. The summed E-state index contributed by atoms with van der Waals surface area (Å²) >= 11 is 0. The van der Waals surface area contributed by atoms with Crippen molar-refractivity contribution in [3.05, 3.63) is 47.5 Å². The first kappa shape index (κ1) is 7.25. The van der Waals surface area contributed by atoms with Crippen LogP contribution in [-0.2, 0) is 0 Å². The van der Waals surface area contributed by atoms with Crippen LogP contribution in [0.25, 0.3) is 0 Å². The highest BCUT2D eigenvalue weighted by atomic mass is 16.3. The number of carbonyl (C=O) groups is 1. The zero-order valence-electron chi connectivity index (χ0n) is 6.45. The molecular weight excluding hydrogens is 152 g/mol. The molecule has 60 valence electrons. The molecule has 1 unspecified atom stereocenters. The van der Waals surface area contributed by atoms with Gasteiger partial charge in [-0.15, -0.1) is 0 Å². The molecule has 2 nitrogen and oxygen atoms in total. The minimum atomic E-state index is -0.798. The van der Waals surface area contributed by atoms with Crippen LogP contribution in [0.5, 0.6) is 0 Å². The highest BCUT2D eigenvalue weighted by Crippen LogP contribution is 2.33. The van der Waals surface area contributed by atoms with Crippen LogP contribution in [0.2, 0.25) is 0 Å². The Morgan fingerprint density at radius 3 is 2.67 bits per heavy atom. The van der Waals surface area contributed by atoms with Crippen LogP contribution in [0, 0.1) is 0 Å². The number of hydrogen-bond acceptors (Lipinski definition) is 2. The predicted molar refractivity (Wildman–Crippen MR) is 44.9 cm³/mol. The van der Waals surface area contributed by atoms with E-state index in [1.807, 2.05) is 0 Å². The molecule has 1 aromatic carbocycles. The molecule has 0 fully saturated rings. The molecule has 12 heavy (non-hydrogen) atoms. The molecule has 0 saturated carbocycles. The first-order valence-electron chi connectivity index (χ1n) is 3.72. The van der Waals surface area contributed by atoms with E-state index in [1.54, 1.807) is 24.3 Å². The minimum Gasteiger partial charge on any atom is -0.384 e. The second kappa shape index (κ2) is 2.29. The fourth-order valence-corrected chi connectivity index (χ4v) is 1.43. The Morgan fingerprint density at radius 2 is 2.00 bits per heavy atom. The van der Waals surface area contributed by atoms with Crippen molar-refractivity contribution in [2.75, 3.05) is 0 Å². The lowest BCUT2D eigenvalue weighted by Gasteiger charge is -2.00. The normalized spacial score (nSPS) is 21.2. The molecule has 0 saturated heterocycles. The van der Waals surface area contributed by atoms with Gasteiger partial charge >= 0.3 is 0 Å². The Morgan fingerprint density at radius 1 is 1.33 bits per heavy atom. The van der Waals surface area contributed by atoms with Crippen molar-refractivity contribution in [3.8, 4) is 0 Å². The van der Waals surface area contributed by atoms with Gasteiger partial charge < -0.3 is 5.11 Å². The molecule has 2 heteroatoms. The van der Waals surface area contributed by atoms with E-state index in [0.717, 1.165) is 0 Å². The van der Waals surface area contributed by atoms with Gasteiger partial charge in [0.05, 0.1) is 0 Å². The maximum atomic E-state index is 11.3. The standard InChI is InChI=1S/C10H8O2/c1-6-9(11)7-4-2-3-5-8(7)10(6)12/h2-5,9,11H,1H2. The molecule has 0 bridgehead atoms. The number of carbonyl (C=O) groups excluding carboxylic acids is 1. The summed E-state index contributed by atoms with van der Waals surface area (Å²) < 4.78 is 0. The van der Waals surface area contributed by atoms with Gasteiger partial charge in [-0.05, 0) is 5.56 Å². The highest BCUT2D eigenvalue weighted by molar-refractivity contribution is 6.13. The molecular formula is C10H8O2. The number of ketones is 1. The summed E-state index contributed by atoms with van der Waals surface area (Å²) in [4.78, 5) is 11.3. The van der Waals surface area contributed by atoms with E-state index < -0.39 is 6.10 Å². The third-order valence-corrected chi connectivity index (χ3v) is 2.12. The van der Waals surface area contributed by atoms with Gasteiger partial charge in [-0.25, -0.2) is 0 Å². The van der Waals surface area contributed by atoms with Crippen LogP contribution in [-0.4, -0.2) is 10.9 Å². The van der Waals surface area contributed by atoms with E-state index in [9.17, 15) is 9.90 Å². The van der Waals surface area contributed by atoms with Gasteiger partial charge in [0, 0.05) is 11.1 Å². The van der Waals surface area contributed by atoms with E-state index in [-0.39, 0.29) is 11.4 Å². The van der Waals surface area contributed by atoms with Crippen LogP contribution in [0.15, 0.2) is 36.4 Å². The Bertz CT molecular complexity index is 366. The molecule has 0 aliphatic heterocycles. The van der Waals surface area contributed by atoms with Crippen molar-refractivity contribution < 1.29 is 9.90 Å². The summed E-state index contributed by atoms with van der Waals surface area (Å²) in [6.45, 7) is 3.53. The smallest absolute Gasteiger partial charge is 0.191 e. The first-order valence-corrected chi connectivity index (χ1v) is 3.72. The number of aliphatic hydroxyl groups excluding tert-OH is 1. The summed E-state index contributed by atoms with van der Waals surface area (Å²) in [6, 6.07) is 7.03. The van der Waals surface area contributed by atoms with Gasteiger partial charge in [0.15, 0.2) is 5.78 Å². The summed E-state index contributed by atoms with van der Waals surface area (Å²) in [7, 11) is 0. The third kappa shape index (κ3) is 0.756. The topological polar surface area (TPSA) is 37.3 Å². The van der Waals surface area contributed by atoms with Crippen molar-refractivity contribution in [1.82, 2.24) is 0 Å². The number of fused-ring (bicyclic) bond motifs is 1. The van der Waals surface area contributed by atoms with Crippen LogP contribution >= 0.6 is 0 Å². The molecule has 1 aromatic rings. The fourth-order valence-electron chi connectivity index (χ4n) is 1.43. The van der Waals surface area contributed by atoms with Gasteiger partial charge in [-0.1, -0.05) is 30.8 Å². The molecule has 1 N–H and O–H groups in total. The van der Waals surface area contributed by atoms with Gasteiger partial charge in [0.25, 0.3) is 0 Å². The van der Waals surface area contributed by atoms with Crippen molar-refractivity contribution >= 4 is 5.78 Å². The first-order chi connectivity index (χ1) is 5.72. The monoisotopic (exact) mass is 160 g/mol. The number of aliphatic hydroxyl groups is 1. The van der Waals surface area contributed by atoms with Crippen molar-refractivity contribution in [2.24, 2.45) is 0 Å². The van der Waals surface area contributed by atoms with E-state index >= 15 is 0 Å². The van der Waals surface area contributed by atoms with Crippen molar-refractivity contribution in [3.63, 3.8) is 0 Å². The molecule has 0 radical (unpaired) electrons. The molecule has 0 amide bonds. The second-order valence-electron chi connectivity index (χ2n) is 2.84. The highest BCUT2D eigenvalue weighted by Gasteiger charge is 2.30. The average molecular weight is 160 g/mol. The maximum Gasteiger partial charge on any atom is 0.191 e. The molecule has 0 heterocycles. The fraction of sp³-hybridized carbons (Fsp3) is 0.100. The summed E-state index contributed by atoms with van der Waals surface area (Å²) in [5.41, 5.74) is 1.53. The Kier molecular flexibility index (Phi) is 1.38. The Labute approximate surface area is 70.2 Å². The molecule has 0 spiro atoms. The van der Waals surface area contributed by atoms with Crippen LogP contribution in [0.4, 0.5) is 0 Å². The number of rotatable bonds is 0. The molecule has 2 rings (SSSR count). The zero-order chi connectivity index (χ0) is 8.72.